The molecule has 0 fully saturated rings. The Morgan fingerprint density at radius 2 is 2.08 bits per heavy atom. The number of hydrazone groups is 1. The second-order valence-electron chi connectivity index (χ2n) is 5.40. The third-order valence-electron chi connectivity index (χ3n) is 3.74. The van der Waals surface area contributed by atoms with Gasteiger partial charge in [-0.15, -0.1) is 5.10 Å². The Labute approximate surface area is 142 Å². The van der Waals surface area contributed by atoms with Gasteiger partial charge in [0, 0.05) is 35.1 Å². The fourth-order valence-electron chi connectivity index (χ4n) is 2.56. The van der Waals surface area contributed by atoms with E-state index in [1.165, 1.54) is 19.2 Å². The number of ether oxygens (including phenoxy) is 1. The molecule has 0 bridgehead atoms. The molecule has 1 aromatic heterocycles. The summed E-state index contributed by atoms with van der Waals surface area (Å²) in [6, 6.07) is 9.01. The van der Waals surface area contributed by atoms with E-state index >= 15 is 0 Å². The number of hydrogen-bond acceptors (Lipinski definition) is 4. The van der Waals surface area contributed by atoms with Crippen LogP contribution in [0.25, 0.3) is 22.2 Å². The summed E-state index contributed by atoms with van der Waals surface area (Å²) in [5, 5.41) is 14.4. The summed E-state index contributed by atoms with van der Waals surface area (Å²) in [7, 11) is 1.39. The maximum Gasteiger partial charge on any atom is 0.237 e. The highest BCUT2D eigenvalue weighted by atomic mass is 19.1. The zero-order valence-electron chi connectivity index (χ0n) is 13.7. The number of nitrogens with one attached hydrogen (secondary N) is 2. The largest absolute Gasteiger partial charge is 0.507 e. The van der Waals surface area contributed by atoms with Crippen molar-refractivity contribution < 1.29 is 18.6 Å². The number of rotatable bonds is 5. The van der Waals surface area contributed by atoms with Crippen LogP contribution >= 0.6 is 0 Å². The number of aromatic amines is 1. The maximum atomic E-state index is 14.3. The van der Waals surface area contributed by atoms with Crippen molar-refractivity contribution in [2.45, 2.75) is 6.92 Å². The van der Waals surface area contributed by atoms with Crippen molar-refractivity contribution in [1.82, 2.24) is 10.4 Å². The number of phenols is 1. The first kappa shape index (κ1) is 16.8. The minimum Gasteiger partial charge on any atom is -0.507 e. The first-order valence-corrected chi connectivity index (χ1v) is 7.69. The van der Waals surface area contributed by atoms with E-state index in [-0.39, 0.29) is 17.1 Å². The van der Waals surface area contributed by atoms with Crippen LogP contribution < -0.4 is 10.2 Å². The first-order chi connectivity index (χ1) is 12.0. The van der Waals surface area contributed by atoms with Gasteiger partial charge in [0.05, 0.1) is 18.4 Å². The standard InChI is InChI=1S/C18H17F2N3O2/c1-3-21-23-18(20)10-4-5-14-11(6-10)7-15(22-14)17-13(19)8-12(25-2)9-16(17)24/h4-9,21-22,24H,3H2,1-2H3/b23-18+. The molecule has 0 aliphatic rings. The fraction of sp³-hybridized carbons (Fsp3) is 0.167. The number of hydrogen-bond donors (Lipinski definition) is 3. The summed E-state index contributed by atoms with van der Waals surface area (Å²) in [4.78, 5) is 3.02. The molecule has 0 unspecified atom stereocenters. The van der Waals surface area contributed by atoms with E-state index in [9.17, 15) is 13.9 Å². The van der Waals surface area contributed by atoms with Gasteiger partial charge < -0.3 is 20.3 Å². The predicted octanol–water partition coefficient (Wildman–Crippen LogP) is 3.93. The summed E-state index contributed by atoms with van der Waals surface area (Å²) in [6.07, 6.45) is 0. The van der Waals surface area contributed by atoms with Crippen molar-refractivity contribution in [2.75, 3.05) is 13.7 Å². The van der Waals surface area contributed by atoms with E-state index in [1.807, 2.05) is 6.92 Å². The topological polar surface area (TPSA) is 69.6 Å². The van der Waals surface area contributed by atoms with Gasteiger partial charge in [0.25, 0.3) is 0 Å². The number of phenolic OH excluding ortho intramolecular Hbond substituents is 1. The van der Waals surface area contributed by atoms with Crippen molar-refractivity contribution in [3.8, 4) is 22.8 Å². The van der Waals surface area contributed by atoms with Gasteiger partial charge in [-0.3, -0.25) is 0 Å². The fourth-order valence-corrected chi connectivity index (χ4v) is 2.56. The molecule has 0 amide bonds. The molecule has 5 nitrogen and oxygen atoms in total. The number of fused-ring (bicyclic) bond motifs is 1. The third-order valence-corrected chi connectivity index (χ3v) is 3.74. The maximum absolute atomic E-state index is 14.3. The molecule has 0 radical (unpaired) electrons. The van der Waals surface area contributed by atoms with Crippen LogP contribution in [0.4, 0.5) is 8.78 Å². The van der Waals surface area contributed by atoms with Crippen LogP contribution in [-0.4, -0.2) is 29.7 Å². The number of nitrogens with zero attached hydrogens (tertiary/aromatic N) is 1. The highest BCUT2D eigenvalue weighted by Crippen LogP contribution is 2.36. The number of aromatic hydroxyl groups is 1. The molecular formula is C18H17F2N3O2. The highest BCUT2D eigenvalue weighted by molar-refractivity contribution is 5.98. The van der Waals surface area contributed by atoms with Gasteiger partial charge in [-0.25, -0.2) is 4.39 Å². The monoisotopic (exact) mass is 345 g/mol. The SMILES string of the molecule is CCN/N=C(/F)c1ccc2[nH]c(-c3c(O)cc(OC)cc3F)cc2c1. The van der Waals surface area contributed by atoms with Gasteiger partial charge in [0.2, 0.25) is 5.97 Å². The molecular weight excluding hydrogens is 328 g/mol. The van der Waals surface area contributed by atoms with E-state index in [1.54, 1.807) is 24.3 Å². The van der Waals surface area contributed by atoms with Gasteiger partial charge in [-0.2, -0.15) is 4.39 Å². The summed E-state index contributed by atoms with van der Waals surface area (Å²) in [6.45, 7) is 2.33. The van der Waals surface area contributed by atoms with Gasteiger partial charge in [-0.1, -0.05) is 0 Å². The Balaban J connectivity index is 2.05. The van der Waals surface area contributed by atoms with Gasteiger partial charge in [0.15, 0.2) is 0 Å². The Morgan fingerprint density at radius 3 is 2.76 bits per heavy atom. The smallest absolute Gasteiger partial charge is 0.237 e. The number of methoxy groups -OCH3 is 1. The molecule has 0 atom stereocenters. The van der Waals surface area contributed by atoms with Crippen LogP contribution in [0.2, 0.25) is 0 Å². The van der Waals surface area contributed by atoms with E-state index in [2.05, 4.69) is 15.5 Å². The summed E-state index contributed by atoms with van der Waals surface area (Å²) in [5.74, 6) is -1.28. The number of benzene rings is 2. The van der Waals surface area contributed by atoms with Crippen molar-refractivity contribution in [2.24, 2.45) is 5.10 Å². The molecule has 2 aromatic carbocycles. The molecule has 130 valence electrons. The van der Waals surface area contributed by atoms with E-state index < -0.39 is 11.8 Å². The quantitative estimate of drug-likeness (QED) is 0.485. The summed E-state index contributed by atoms with van der Waals surface area (Å²) >= 11 is 0. The van der Waals surface area contributed by atoms with Crippen molar-refractivity contribution in [3.63, 3.8) is 0 Å². The van der Waals surface area contributed by atoms with Gasteiger partial charge in [0.1, 0.15) is 17.3 Å². The lowest BCUT2D eigenvalue weighted by Crippen LogP contribution is -2.07. The minimum absolute atomic E-state index is 0.0281. The van der Waals surface area contributed by atoms with E-state index in [4.69, 9.17) is 4.74 Å². The molecule has 0 aliphatic carbocycles. The molecule has 3 N–H and O–H groups in total. The van der Waals surface area contributed by atoms with Gasteiger partial charge >= 0.3 is 0 Å². The number of aromatic nitrogens is 1. The average molecular weight is 345 g/mol. The zero-order valence-corrected chi connectivity index (χ0v) is 13.7. The lowest BCUT2D eigenvalue weighted by Gasteiger charge is -2.07. The van der Waals surface area contributed by atoms with Crippen LogP contribution in [-0.2, 0) is 0 Å². The van der Waals surface area contributed by atoms with E-state index in [0.717, 1.165) is 0 Å². The molecule has 3 rings (SSSR count). The second-order valence-corrected chi connectivity index (χ2v) is 5.40. The van der Waals surface area contributed by atoms with E-state index in [0.29, 0.717) is 28.7 Å². The molecule has 0 saturated carbocycles. The molecule has 0 aliphatic heterocycles. The van der Waals surface area contributed by atoms with Crippen molar-refractivity contribution in [1.29, 1.82) is 0 Å². The Hall–Kier alpha value is -3.09. The van der Waals surface area contributed by atoms with Crippen LogP contribution in [0, 0.1) is 5.82 Å². The average Bonchev–Trinajstić information content (AvgIpc) is 3.01. The van der Waals surface area contributed by atoms with Crippen LogP contribution in [0.15, 0.2) is 41.5 Å². The van der Waals surface area contributed by atoms with Gasteiger partial charge in [-0.05, 0) is 31.2 Å². The van der Waals surface area contributed by atoms with Crippen molar-refractivity contribution >= 4 is 16.9 Å². The molecule has 7 heteroatoms. The van der Waals surface area contributed by atoms with Crippen LogP contribution in [0.1, 0.15) is 12.5 Å². The first-order valence-electron chi connectivity index (χ1n) is 7.69. The summed E-state index contributed by atoms with van der Waals surface area (Å²) < 4.78 is 33.2. The highest BCUT2D eigenvalue weighted by Gasteiger charge is 2.16. The molecule has 0 saturated heterocycles. The lowest BCUT2D eigenvalue weighted by molar-refractivity contribution is 0.403. The van der Waals surface area contributed by atoms with Crippen LogP contribution in [0.5, 0.6) is 11.5 Å². The zero-order chi connectivity index (χ0) is 18.0. The molecule has 3 aromatic rings. The Bertz CT molecular complexity index is 928. The number of H-pyrrole nitrogens is 1. The predicted molar refractivity (Wildman–Crippen MR) is 93.2 cm³/mol. The van der Waals surface area contributed by atoms with Crippen molar-refractivity contribution in [3.05, 3.63) is 47.8 Å². The molecule has 1 heterocycles. The minimum atomic E-state index is -0.634. The third kappa shape index (κ3) is 3.26. The molecule has 25 heavy (non-hydrogen) atoms. The molecule has 0 spiro atoms. The summed E-state index contributed by atoms with van der Waals surface area (Å²) in [5.41, 5.74) is 3.96. The lowest BCUT2D eigenvalue weighted by atomic mass is 10.1. The number of halogens is 2. The Morgan fingerprint density at radius 1 is 1.28 bits per heavy atom. The normalized spacial score (nSPS) is 11.8. The second kappa shape index (κ2) is 6.80. The Kier molecular flexibility index (Phi) is 4.56. The van der Waals surface area contributed by atoms with Crippen LogP contribution in [0.3, 0.4) is 0 Å².